The molecule has 1 atom stereocenters. The minimum absolute atomic E-state index is 0.0204. The Morgan fingerprint density at radius 3 is 2.46 bits per heavy atom. The molecule has 7 nitrogen and oxygen atoms in total. The maximum atomic E-state index is 13.3. The van der Waals surface area contributed by atoms with Crippen LogP contribution in [0.4, 0.5) is 0 Å². The minimum atomic E-state index is -0.301. The van der Waals surface area contributed by atoms with Gasteiger partial charge in [-0.2, -0.15) is 0 Å². The van der Waals surface area contributed by atoms with Crippen LogP contribution >= 0.6 is 0 Å². The van der Waals surface area contributed by atoms with E-state index >= 15 is 0 Å². The van der Waals surface area contributed by atoms with Gasteiger partial charge in [0.15, 0.2) is 5.78 Å². The molecule has 1 aromatic carbocycles. The highest BCUT2D eigenvalue weighted by atomic mass is 16.2. The topological polar surface area (TPSA) is 73.0 Å². The van der Waals surface area contributed by atoms with Crippen molar-refractivity contribution in [1.82, 2.24) is 24.2 Å². The van der Waals surface area contributed by atoms with Crippen molar-refractivity contribution in [1.29, 1.82) is 0 Å². The Bertz CT molecular complexity index is 984. The Morgan fingerprint density at radius 1 is 1.14 bits per heavy atom. The predicted molar refractivity (Wildman–Crippen MR) is 106 cm³/mol. The molecule has 0 radical (unpaired) electrons. The molecule has 0 spiro atoms. The van der Waals surface area contributed by atoms with Crippen LogP contribution in [-0.4, -0.2) is 49.0 Å². The van der Waals surface area contributed by atoms with Gasteiger partial charge in [0, 0.05) is 41.8 Å². The average Bonchev–Trinajstić information content (AvgIpc) is 3.37. The standard InChI is InChI=1S/C21H25N5O2/c1-3-19(26-12-18(15(2)27)17-6-4-5-7-20(17)26)21(28)24-10-8-16(9-11-24)25-13-22-23-14-25/h4-7,12-14,16,19H,3,8-11H2,1-2H3/t19-/m0/s1. The average molecular weight is 379 g/mol. The summed E-state index contributed by atoms with van der Waals surface area (Å²) in [5.74, 6) is 0.146. The number of benzene rings is 1. The molecule has 0 N–H and O–H groups in total. The highest BCUT2D eigenvalue weighted by Crippen LogP contribution is 2.29. The Labute approximate surface area is 164 Å². The van der Waals surface area contributed by atoms with Crippen molar-refractivity contribution >= 4 is 22.6 Å². The molecule has 7 heteroatoms. The second-order valence-electron chi connectivity index (χ2n) is 7.41. The van der Waals surface area contributed by atoms with Crippen molar-refractivity contribution in [3.8, 4) is 0 Å². The number of Topliss-reactive ketones (excluding diaryl/α,β-unsaturated/α-hetero) is 1. The van der Waals surface area contributed by atoms with Crippen LogP contribution in [0.15, 0.2) is 43.1 Å². The lowest BCUT2D eigenvalue weighted by Crippen LogP contribution is -2.42. The zero-order chi connectivity index (χ0) is 19.7. The fourth-order valence-corrected chi connectivity index (χ4v) is 4.23. The molecule has 0 bridgehead atoms. The summed E-state index contributed by atoms with van der Waals surface area (Å²) in [7, 11) is 0. The molecule has 4 rings (SSSR count). The summed E-state index contributed by atoms with van der Waals surface area (Å²) >= 11 is 0. The molecule has 28 heavy (non-hydrogen) atoms. The zero-order valence-corrected chi connectivity index (χ0v) is 16.3. The van der Waals surface area contributed by atoms with Gasteiger partial charge in [-0.25, -0.2) is 0 Å². The number of rotatable bonds is 5. The lowest BCUT2D eigenvalue weighted by molar-refractivity contribution is -0.136. The van der Waals surface area contributed by atoms with Gasteiger partial charge in [-0.15, -0.1) is 10.2 Å². The maximum absolute atomic E-state index is 13.3. The van der Waals surface area contributed by atoms with Crippen molar-refractivity contribution in [2.75, 3.05) is 13.1 Å². The van der Waals surface area contributed by atoms with E-state index in [1.807, 2.05) is 51.4 Å². The molecular weight excluding hydrogens is 354 g/mol. The molecule has 3 heterocycles. The molecule has 3 aromatic rings. The number of fused-ring (bicyclic) bond motifs is 1. The van der Waals surface area contributed by atoms with Crippen molar-refractivity contribution in [2.24, 2.45) is 0 Å². The number of carbonyl (C=O) groups excluding carboxylic acids is 2. The van der Waals surface area contributed by atoms with Gasteiger partial charge < -0.3 is 14.0 Å². The summed E-state index contributed by atoms with van der Waals surface area (Å²) in [6.45, 7) is 5.03. The smallest absolute Gasteiger partial charge is 0.245 e. The van der Waals surface area contributed by atoms with Crippen LogP contribution < -0.4 is 0 Å². The van der Waals surface area contributed by atoms with Crippen LogP contribution in [0.2, 0.25) is 0 Å². The van der Waals surface area contributed by atoms with Gasteiger partial charge in [-0.05, 0) is 32.3 Å². The molecule has 1 fully saturated rings. The van der Waals surface area contributed by atoms with E-state index in [-0.39, 0.29) is 17.7 Å². The first kappa shape index (κ1) is 18.4. The van der Waals surface area contributed by atoms with Gasteiger partial charge >= 0.3 is 0 Å². The highest BCUT2D eigenvalue weighted by Gasteiger charge is 2.30. The number of carbonyl (C=O) groups is 2. The number of nitrogens with zero attached hydrogens (tertiary/aromatic N) is 5. The maximum Gasteiger partial charge on any atom is 0.245 e. The second kappa shape index (κ2) is 7.58. The van der Waals surface area contributed by atoms with Crippen molar-refractivity contribution < 1.29 is 9.59 Å². The lowest BCUT2D eigenvalue weighted by atomic mass is 10.0. The van der Waals surface area contributed by atoms with E-state index in [2.05, 4.69) is 10.2 Å². The summed E-state index contributed by atoms with van der Waals surface area (Å²) < 4.78 is 4.01. The molecular formula is C21H25N5O2. The first-order chi connectivity index (χ1) is 13.6. The number of aromatic nitrogens is 4. The third-order valence-electron chi connectivity index (χ3n) is 5.76. The Morgan fingerprint density at radius 2 is 1.82 bits per heavy atom. The number of ketones is 1. The fraction of sp³-hybridized carbons (Fsp3) is 0.429. The quantitative estimate of drug-likeness (QED) is 0.638. The normalized spacial score (nSPS) is 16.4. The van der Waals surface area contributed by atoms with Gasteiger partial charge in [0.1, 0.15) is 18.7 Å². The Kier molecular flexibility index (Phi) is 4.98. The molecule has 1 saturated heterocycles. The highest BCUT2D eigenvalue weighted by molar-refractivity contribution is 6.07. The van der Waals surface area contributed by atoms with Gasteiger partial charge in [0.2, 0.25) is 5.91 Å². The van der Waals surface area contributed by atoms with Gasteiger partial charge in [-0.1, -0.05) is 25.1 Å². The van der Waals surface area contributed by atoms with Crippen LogP contribution in [0, 0.1) is 0 Å². The monoisotopic (exact) mass is 379 g/mol. The van der Waals surface area contributed by atoms with E-state index in [4.69, 9.17) is 0 Å². The lowest BCUT2D eigenvalue weighted by Gasteiger charge is -2.34. The summed E-state index contributed by atoms with van der Waals surface area (Å²) in [4.78, 5) is 27.4. The molecule has 1 aliphatic rings. The largest absolute Gasteiger partial charge is 0.341 e. The molecule has 0 saturated carbocycles. The van der Waals surface area contributed by atoms with E-state index in [1.54, 1.807) is 19.6 Å². The van der Waals surface area contributed by atoms with Crippen molar-refractivity contribution in [2.45, 2.75) is 45.2 Å². The number of piperidine rings is 1. The van der Waals surface area contributed by atoms with Crippen LogP contribution in [0.5, 0.6) is 0 Å². The molecule has 1 aliphatic heterocycles. The van der Waals surface area contributed by atoms with Crippen molar-refractivity contribution in [3.63, 3.8) is 0 Å². The van der Waals surface area contributed by atoms with E-state index in [9.17, 15) is 9.59 Å². The SMILES string of the molecule is CC[C@@H](C(=O)N1CCC(n2cnnc2)CC1)n1cc(C(C)=O)c2ccccc21. The summed E-state index contributed by atoms with van der Waals surface area (Å²) in [5, 5.41) is 8.67. The Balaban J connectivity index is 1.57. The molecule has 0 aliphatic carbocycles. The fourth-order valence-electron chi connectivity index (χ4n) is 4.23. The number of likely N-dealkylation sites (tertiary alicyclic amines) is 1. The number of hydrogen-bond acceptors (Lipinski definition) is 4. The van der Waals surface area contributed by atoms with E-state index < -0.39 is 0 Å². The van der Waals surface area contributed by atoms with E-state index in [0.29, 0.717) is 18.0 Å². The third kappa shape index (κ3) is 3.21. The van der Waals surface area contributed by atoms with Gasteiger partial charge in [-0.3, -0.25) is 9.59 Å². The first-order valence-electron chi connectivity index (χ1n) is 9.83. The molecule has 0 unspecified atom stereocenters. The summed E-state index contributed by atoms with van der Waals surface area (Å²) in [6, 6.07) is 7.85. The first-order valence-corrected chi connectivity index (χ1v) is 9.83. The van der Waals surface area contributed by atoms with Crippen LogP contribution in [0.1, 0.15) is 55.6 Å². The van der Waals surface area contributed by atoms with Crippen LogP contribution in [0.25, 0.3) is 10.9 Å². The number of hydrogen-bond donors (Lipinski definition) is 0. The van der Waals surface area contributed by atoms with E-state index in [0.717, 1.165) is 36.8 Å². The Hall–Kier alpha value is -2.96. The van der Waals surface area contributed by atoms with Crippen LogP contribution in [0.3, 0.4) is 0 Å². The predicted octanol–water partition coefficient (Wildman–Crippen LogP) is 3.25. The van der Waals surface area contributed by atoms with Gasteiger partial charge in [0.25, 0.3) is 0 Å². The number of para-hydroxylation sites is 1. The third-order valence-corrected chi connectivity index (χ3v) is 5.76. The summed E-state index contributed by atoms with van der Waals surface area (Å²) in [6.07, 6.45) is 7.80. The van der Waals surface area contributed by atoms with E-state index in [1.165, 1.54) is 0 Å². The number of amides is 1. The molecule has 146 valence electrons. The minimum Gasteiger partial charge on any atom is -0.341 e. The zero-order valence-electron chi connectivity index (χ0n) is 16.3. The van der Waals surface area contributed by atoms with Gasteiger partial charge in [0.05, 0.1) is 0 Å². The molecule has 2 aromatic heterocycles. The second-order valence-corrected chi connectivity index (χ2v) is 7.41. The molecule has 1 amide bonds. The summed E-state index contributed by atoms with van der Waals surface area (Å²) in [5.41, 5.74) is 1.61. The van der Waals surface area contributed by atoms with Crippen molar-refractivity contribution in [3.05, 3.63) is 48.7 Å². The van der Waals surface area contributed by atoms with Crippen LogP contribution in [-0.2, 0) is 4.79 Å².